The molecule has 2 amide bonds. The number of aromatic carboxylic acids is 1. The van der Waals surface area contributed by atoms with Crippen LogP contribution >= 0.6 is 0 Å². The molecule has 0 aromatic heterocycles. The van der Waals surface area contributed by atoms with Crippen molar-refractivity contribution in [2.24, 2.45) is 11.8 Å². The summed E-state index contributed by atoms with van der Waals surface area (Å²) in [5.74, 6) is -0.790. The van der Waals surface area contributed by atoms with E-state index in [4.69, 9.17) is 4.74 Å². The number of carbonyl (C=O) groups is 2. The molecular formula is C23H23F3N2O4. The van der Waals surface area contributed by atoms with Gasteiger partial charge in [0.1, 0.15) is 5.75 Å². The Morgan fingerprint density at radius 1 is 1.09 bits per heavy atom. The second kappa shape index (κ2) is 8.37. The van der Waals surface area contributed by atoms with Gasteiger partial charge in [0.15, 0.2) is 0 Å². The molecule has 1 aliphatic carbocycles. The predicted octanol–water partition coefficient (Wildman–Crippen LogP) is 5.07. The number of nitrogens with zero attached hydrogens (tertiary/aromatic N) is 1. The molecule has 2 aliphatic rings. The Labute approximate surface area is 183 Å². The maximum atomic E-state index is 13.4. The van der Waals surface area contributed by atoms with Crippen molar-refractivity contribution in [2.75, 3.05) is 25.5 Å². The van der Waals surface area contributed by atoms with Gasteiger partial charge in [-0.1, -0.05) is 18.2 Å². The minimum Gasteiger partial charge on any atom is -0.497 e. The van der Waals surface area contributed by atoms with E-state index in [1.165, 1.54) is 25.3 Å². The molecule has 2 unspecified atom stereocenters. The molecule has 9 heteroatoms. The monoisotopic (exact) mass is 448 g/mol. The van der Waals surface area contributed by atoms with Crippen molar-refractivity contribution < 1.29 is 32.6 Å². The molecule has 2 fully saturated rings. The molecule has 0 spiro atoms. The SMILES string of the molecule is COc1ccc(NC(=O)N2CC3CC(c4ccccc4C(F)(F)F)CC3C2)c(C(=O)O)c1. The molecule has 1 saturated carbocycles. The summed E-state index contributed by atoms with van der Waals surface area (Å²) < 4.78 is 45.2. The first kappa shape index (κ1) is 22.0. The summed E-state index contributed by atoms with van der Waals surface area (Å²) in [4.78, 5) is 25.9. The summed E-state index contributed by atoms with van der Waals surface area (Å²) >= 11 is 0. The Balaban J connectivity index is 1.43. The Morgan fingerprint density at radius 2 is 1.75 bits per heavy atom. The lowest BCUT2D eigenvalue weighted by atomic mass is 9.91. The third kappa shape index (κ3) is 4.24. The molecule has 1 aliphatic heterocycles. The summed E-state index contributed by atoms with van der Waals surface area (Å²) in [6.45, 7) is 0.861. The maximum absolute atomic E-state index is 13.4. The zero-order chi connectivity index (χ0) is 23.0. The van der Waals surface area contributed by atoms with E-state index in [0.29, 0.717) is 37.2 Å². The largest absolute Gasteiger partial charge is 0.497 e. The second-order valence-corrected chi connectivity index (χ2v) is 8.33. The van der Waals surface area contributed by atoms with E-state index < -0.39 is 23.7 Å². The molecule has 32 heavy (non-hydrogen) atoms. The lowest BCUT2D eigenvalue weighted by molar-refractivity contribution is -0.138. The first-order chi connectivity index (χ1) is 15.2. The van der Waals surface area contributed by atoms with Crippen molar-refractivity contribution in [3.63, 3.8) is 0 Å². The molecule has 0 radical (unpaired) electrons. The Kier molecular flexibility index (Phi) is 5.75. The zero-order valence-corrected chi connectivity index (χ0v) is 17.4. The number of hydrogen-bond acceptors (Lipinski definition) is 3. The smallest absolute Gasteiger partial charge is 0.416 e. The van der Waals surface area contributed by atoms with Crippen molar-refractivity contribution in [1.29, 1.82) is 0 Å². The topological polar surface area (TPSA) is 78.9 Å². The molecule has 2 N–H and O–H groups in total. The number of rotatable bonds is 4. The number of halogens is 3. The van der Waals surface area contributed by atoms with Crippen molar-refractivity contribution in [2.45, 2.75) is 24.9 Å². The number of carboxylic acids is 1. The van der Waals surface area contributed by atoms with Crippen LogP contribution in [0.3, 0.4) is 0 Å². The van der Waals surface area contributed by atoms with Gasteiger partial charge >= 0.3 is 18.2 Å². The Morgan fingerprint density at radius 3 is 2.34 bits per heavy atom. The highest BCUT2D eigenvalue weighted by atomic mass is 19.4. The van der Waals surface area contributed by atoms with Crippen LogP contribution in [0.2, 0.25) is 0 Å². The van der Waals surface area contributed by atoms with Gasteiger partial charge in [0.2, 0.25) is 0 Å². The van der Waals surface area contributed by atoms with Gasteiger partial charge in [-0.25, -0.2) is 9.59 Å². The number of fused-ring (bicyclic) bond motifs is 1. The average molecular weight is 448 g/mol. The van der Waals surface area contributed by atoms with Crippen LogP contribution in [0.1, 0.15) is 40.2 Å². The predicted molar refractivity (Wildman–Crippen MR) is 111 cm³/mol. The molecule has 170 valence electrons. The van der Waals surface area contributed by atoms with Crippen LogP contribution in [0.5, 0.6) is 5.75 Å². The fourth-order valence-corrected chi connectivity index (χ4v) is 4.96. The van der Waals surface area contributed by atoms with Crippen molar-refractivity contribution in [3.8, 4) is 5.75 Å². The fraction of sp³-hybridized carbons (Fsp3) is 0.391. The number of likely N-dealkylation sites (tertiary alicyclic amines) is 1. The van der Waals surface area contributed by atoms with Gasteiger partial charge in [0.25, 0.3) is 0 Å². The van der Waals surface area contributed by atoms with Gasteiger partial charge in [-0.15, -0.1) is 0 Å². The van der Waals surface area contributed by atoms with Crippen LogP contribution in [0.15, 0.2) is 42.5 Å². The molecular weight excluding hydrogens is 425 g/mol. The Hall–Kier alpha value is -3.23. The number of amides is 2. The van der Waals surface area contributed by atoms with E-state index in [1.807, 2.05) is 0 Å². The van der Waals surface area contributed by atoms with E-state index in [9.17, 15) is 27.9 Å². The number of hydrogen-bond donors (Lipinski definition) is 2. The molecule has 1 saturated heterocycles. The molecule has 2 atom stereocenters. The zero-order valence-electron chi connectivity index (χ0n) is 17.4. The number of carbonyl (C=O) groups excluding carboxylic acids is 1. The van der Waals surface area contributed by atoms with Crippen LogP contribution in [0.25, 0.3) is 0 Å². The van der Waals surface area contributed by atoms with Gasteiger partial charge in [0.05, 0.1) is 23.9 Å². The minimum absolute atomic E-state index is 0.0825. The number of alkyl halides is 3. The quantitative estimate of drug-likeness (QED) is 0.685. The highest BCUT2D eigenvalue weighted by molar-refractivity contribution is 6.00. The highest BCUT2D eigenvalue weighted by Crippen LogP contribution is 2.48. The van der Waals surface area contributed by atoms with Gasteiger partial charge in [-0.3, -0.25) is 0 Å². The summed E-state index contributed by atoms with van der Waals surface area (Å²) in [7, 11) is 1.42. The van der Waals surface area contributed by atoms with E-state index in [0.717, 1.165) is 6.07 Å². The van der Waals surface area contributed by atoms with Crippen LogP contribution in [-0.2, 0) is 6.18 Å². The van der Waals surface area contributed by atoms with Crippen LogP contribution in [0.4, 0.5) is 23.7 Å². The summed E-state index contributed by atoms with van der Waals surface area (Å²) in [5.41, 5.74) is -0.173. The average Bonchev–Trinajstić information content (AvgIpc) is 3.32. The van der Waals surface area contributed by atoms with Crippen LogP contribution < -0.4 is 10.1 Å². The molecule has 2 aromatic rings. The van der Waals surface area contributed by atoms with E-state index in [-0.39, 0.29) is 29.0 Å². The molecule has 4 rings (SSSR count). The van der Waals surface area contributed by atoms with Crippen molar-refractivity contribution in [1.82, 2.24) is 4.90 Å². The maximum Gasteiger partial charge on any atom is 0.416 e. The lowest BCUT2D eigenvalue weighted by Gasteiger charge is -2.22. The number of carboxylic acid groups (broad SMARTS) is 1. The van der Waals surface area contributed by atoms with Gasteiger partial charge in [-0.05, 0) is 60.4 Å². The normalized spacial score (nSPS) is 22.5. The standard InChI is InChI=1S/C23H23F3N2O4/c1-32-16-6-7-20(18(10-16)21(29)30)27-22(31)28-11-14-8-13(9-15(14)12-28)17-4-2-3-5-19(17)23(24,25)26/h2-7,10,13-15H,8-9,11-12H2,1H3,(H,27,31)(H,29,30). The first-order valence-corrected chi connectivity index (χ1v) is 10.3. The third-order valence-corrected chi connectivity index (χ3v) is 6.44. The summed E-state index contributed by atoms with van der Waals surface area (Å²) in [6.07, 6.45) is -3.21. The van der Waals surface area contributed by atoms with Crippen LogP contribution in [-0.4, -0.2) is 42.2 Å². The summed E-state index contributed by atoms with van der Waals surface area (Å²) in [5, 5.41) is 12.1. The van der Waals surface area contributed by atoms with E-state index in [1.54, 1.807) is 23.1 Å². The third-order valence-electron chi connectivity index (χ3n) is 6.44. The van der Waals surface area contributed by atoms with Crippen molar-refractivity contribution in [3.05, 3.63) is 59.2 Å². The molecule has 0 bridgehead atoms. The number of anilines is 1. The molecule has 1 heterocycles. The number of methoxy groups -OCH3 is 1. The minimum atomic E-state index is -4.39. The number of nitrogens with one attached hydrogen (secondary N) is 1. The molecule has 6 nitrogen and oxygen atoms in total. The van der Waals surface area contributed by atoms with Gasteiger partial charge in [0, 0.05) is 13.1 Å². The van der Waals surface area contributed by atoms with Crippen LogP contribution in [0, 0.1) is 11.8 Å². The first-order valence-electron chi connectivity index (χ1n) is 10.3. The van der Waals surface area contributed by atoms with Gasteiger partial charge in [-0.2, -0.15) is 13.2 Å². The molecule has 2 aromatic carbocycles. The second-order valence-electron chi connectivity index (χ2n) is 8.33. The lowest BCUT2D eigenvalue weighted by Crippen LogP contribution is -2.34. The fourth-order valence-electron chi connectivity index (χ4n) is 4.96. The number of ether oxygens (including phenoxy) is 1. The number of urea groups is 1. The van der Waals surface area contributed by atoms with Crippen molar-refractivity contribution >= 4 is 17.7 Å². The highest BCUT2D eigenvalue weighted by Gasteiger charge is 2.45. The summed E-state index contributed by atoms with van der Waals surface area (Å²) in [6, 6.07) is 9.66. The van der Waals surface area contributed by atoms with Gasteiger partial charge < -0.3 is 20.1 Å². The Bertz CT molecular complexity index is 1030. The van der Waals surface area contributed by atoms with E-state index >= 15 is 0 Å². The number of benzene rings is 2. The van der Waals surface area contributed by atoms with E-state index in [2.05, 4.69) is 5.32 Å².